The summed E-state index contributed by atoms with van der Waals surface area (Å²) in [6, 6.07) is 21.4. The van der Waals surface area contributed by atoms with Crippen molar-refractivity contribution >= 4 is 34.6 Å². The summed E-state index contributed by atoms with van der Waals surface area (Å²) in [5.74, 6) is -0.0953. The average Bonchev–Trinajstić information content (AvgIpc) is 2.68. The van der Waals surface area contributed by atoms with Crippen molar-refractivity contribution in [3.05, 3.63) is 77.2 Å². The molecule has 0 aliphatic heterocycles. The van der Waals surface area contributed by atoms with E-state index in [0.717, 1.165) is 33.5 Å². The van der Waals surface area contributed by atoms with Crippen LogP contribution in [0.5, 0.6) is 5.75 Å². The molecule has 0 heterocycles. The van der Waals surface area contributed by atoms with Crippen LogP contribution in [0.15, 0.2) is 76.5 Å². The number of aliphatic carboxylic acids is 1. The largest absolute Gasteiger partial charge is 0.492 e. The maximum absolute atomic E-state index is 11.7. The quantitative estimate of drug-likeness (QED) is 0.431. The second-order valence-electron chi connectivity index (χ2n) is 6.65. The van der Waals surface area contributed by atoms with Gasteiger partial charge in [-0.3, -0.25) is 0 Å². The molecule has 0 fully saturated rings. The number of nitrogens with zero attached hydrogens (tertiary/aromatic N) is 1. The number of carboxylic acids is 1. The Hall–Kier alpha value is -2.76. The van der Waals surface area contributed by atoms with E-state index < -0.39 is 5.97 Å². The van der Waals surface area contributed by atoms with E-state index >= 15 is 0 Å². The molecule has 3 aromatic rings. The molecule has 0 unspecified atom stereocenters. The van der Waals surface area contributed by atoms with Crippen molar-refractivity contribution in [2.24, 2.45) is 0 Å². The fourth-order valence-corrected chi connectivity index (χ4v) is 3.50. The lowest BCUT2D eigenvalue weighted by Crippen LogP contribution is -2.19. The summed E-state index contributed by atoms with van der Waals surface area (Å²) in [5.41, 5.74) is 0.856. The summed E-state index contributed by atoms with van der Waals surface area (Å²) in [6.45, 7) is 1.50. The van der Waals surface area contributed by atoms with Gasteiger partial charge in [-0.05, 0) is 66.8 Å². The second kappa shape index (κ2) is 9.44. The van der Waals surface area contributed by atoms with Crippen LogP contribution in [0.3, 0.4) is 0 Å². The van der Waals surface area contributed by atoms with Crippen LogP contribution >= 0.6 is 11.8 Å². The highest BCUT2D eigenvalue weighted by atomic mass is 32.2. The highest BCUT2D eigenvalue weighted by molar-refractivity contribution is 8.04. The van der Waals surface area contributed by atoms with Crippen LogP contribution in [0.1, 0.15) is 5.56 Å². The monoisotopic (exact) mass is 393 g/mol. The van der Waals surface area contributed by atoms with Crippen molar-refractivity contribution in [1.82, 2.24) is 4.90 Å². The first-order valence-electron chi connectivity index (χ1n) is 9.00. The Balaban J connectivity index is 1.80. The first-order valence-corrected chi connectivity index (χ1v) is 9.82. The van der Waals surface area contributed by atoms with Crippen LogP contribution in [0.4, 0.5) is 0 Å². The zero-order valence-corrected chi connectivity index (χ0v) is 16.8. The van der Waals surface area contributed by atoms with E-state index in [0.29, 0.717) is 6.61 Å². The van der Waals surface area contributed by atoms with Crippen LogP contribution in [0.2, 0.25) is 0 Å². The molecular weight excluding hydrogens is 370 g/mol. The number of benzene rings is 3. The summed E-state index contributed by atoms with van der Waals surface area (Å²) < 4.78 is 5.78. The number of carboxylic acid groups (broad SMARTS) is 1. The molecule has 1 N–H and O–H groups in total. The van der Waals surface area contributed by atoms with Gasteiger partial charge in [0.25, 0.3) is 0 Å². The zero-order chi connectivity index (χ0) is 19.9. The van der Waals surface area contributed by atoms with Gasteiger partial charge in [-0.2, -0.15) is 0 Å². The fraction of sp³-hybridized carbons (Fsp3) is 0.174. The molecular formula is C23H23NO3S. The molecule has 144 valence electrons. The molecule has 28 heavy (non-hydrogen) atoms. The Morgan fingerprint density at radius 3 is 2.46 bits per heavy atom. The fourth-order valence-electron chi connectivity index (χ4n) is 2.67. The third kappa shape index (κ3) is 5.62. The topological polar surface area (TPSA) is 49.8 Å². The Labute approximate surface area is 169 Å². The molecule has 5 heteroatoms. The summed E-state index contributed by atoms with van der Waals surface area (Å²) in [6.07, 6.45) is 1.71. The Morgan fingerprint density at radius 1 is 1.04 bits per heavy atom. The lowest BCUT2D eigenvalue weighted by Gasteiger charge is -2.11. The number of fused-ring (bicyclic) bond motifs is 1. The molecule has 0 radical (unpaired) electrons. The van der Waals surface area contributed by atoms with Crippen molar-refractivity contribution in [2.75, 3.05) is 27.2 Å². The summed E-state index contributed by atoms with van der Waals surface area (Å²) in [4.78, 5) is 14.9. The van der Waals surface area contributed by atoms with E-state index in [-0.39, 0.29) is 4.91 Å². The second-order valence-corrected chi connectivity index (χ2v) is 7.76. The molecule has 0 aliphatic carbocycles. The van der Waals surface area contributed by atoms with E-state index in [1.807, 2.05) is 80.8 Å². The number of thioether (sulfide) groups is 1. The van der Waals surface area contributed by atoms with E-state index in [1.165, 1.54) is 11.8 Å². The Morgan fingerprint density at radius 2 is 1.75 bits per heavy atom. The number of likely N-dealkylation sites (N-methyl/N-ethyl adjacent to an activating group) is 1. The van der Waals surface area contributed by atoms with Crippen molar-refractivity contribution in [3.8, 4) is 5.75 Å². The highest BCUT2D eigenvalue weighted by Crippen LogP contribution is 2.29. The smallest absolute Gasteiger partial charge is 0.342 e. The van der Waals surface area contributed by atoms with Crippen LogP contribution in [0, 0.1) is 0 Å². The van der Waals surface area contributed by atoms with Gasteiger partial charge in [0.05, 0.1) is 4.91 Å². The van der Waals surface area contributed by atoms with Crippen LogP contribution in [-0.4, -0.2) is 43.2 Å². The molecule has 0 bridgehead atoms. The SMILES string of the molecule is CN(C)CCOc1ccc2cc(/C=C(\Sc3ccccc3)C(=O)O)ccc2c1. The summed E-state index contributed by atoms with van der Waals surface area (Å²) in [7, 11) is 4.03. The summed E-state index contributed by atoms with van der Waals surface area (Å²) >= 11 is 1.25. The molecule has 4 nitrogen and oxygen atoms in total. The van der Waals surface area contributed by atoms with Gasteiger partial charge in [0.15, 0.2) is 0 Å². The third-order valence-electron chi connectivity index (χ3n) is 4.12. The van der Waals surface area contributed by atoms with Crippen molar-refractivity contribution in [3.63, 3.8) is 0 Å². The minimum Gasteiger partial charge on any atom is -0.492 e. The normalized spacial score (nSPS) is 11.8. The Kier molecular flexibility index (Phi) is 6.74. The number of hydrogen-bond acceptors (Lipinski definition) is 4. The predicted octanol–water partition coefficient (Wildman–Crippen LogP) is 5.00. The number of hydrogen-bond donors (Lipinski definition) is 1. The molecule has 0 aliphatic rings. The van der Waals surface area contributed by atoms with Gasteiger partial charge in [-0.15, -0.1) is 0 Å². The molecule has 0 amide bonds. The predicted molar refractivity (Wildman–Crippen MR) is 116 cm³/mol. The van der Waals surface area contributed by atoms with Gasteiger partial charge in [0.2, 0.25) is 0 Å². The number of rotatable bonds is 8. The van der Waals surface area contributed by atoms with E-state index in [1.54, 1.807) is 6.08 Å². The van der Waals surface area contributed by atoms with Crippen molar-refractivity contribution in [1.29, 1.82) is 0 Å². The molecule has 0 aromatic heterocycles. The number of carbonyl (C=O) groups is 1. The lowest BCUT2D eigenvalue weighted by molar-refractivity contribution is -0.131. The molecule has 3 aromatic carbocycles. The van der Waals surface area contributed by atoms with Gasteiger partial charge in [-0.1, -0.05) is 48.2 Å². The van der Waals surface area contributed by atoms with Crippen LogP contribution < -0.4 is 4.74 Å². The van der Waals surface area contributed by atoms with Gasteiger partial charge in [-0.25, -0.2) is 4.79 Å². The van der Waals surface area contributed by atoms with Crippen molar-refractivity contribution in [2.45, 2.75) is 4.90 Å². The van der Waals surface area contributed by atoms with E-state index in [2.05, 4.69) is 4.90 Å². The molecule has 0 saturated heterocycles. The van der Waals surface area contributed by atoms with E-state index in [4.69, 9.17) is 4.74 Å². The minimum absolute atomic E-state index is 0.286. The first kappa shape index (κ1) is 20.0. The maximum atomic E-state index is 11.7. The Bertz CT molecular complexity index is 984. The molecule has 0 saturated carbocycles. The minimum atomic E-state index is -0.932. The van der Waals surface area contributed by atoms with Gasteiger partial charge >= 0.3 is 5.97 Å². The van der Waals surface area contributed by atoms with Gasteiger partial charge in [0.1, 0.15) is 12.4 Å². The first-order chi connectivity index (χ1) is 13.5. The zero-order valence-electron chi connectivity index (χ0n) is 16.0. The molecule has 0 atom stereocenters. The van der Waals surface area contributed by atoms with E-state index in [9.17, 15) is 9.90 Å². The average molecular weight is 394 g/mol. The third-order valence-corrected chi connectivity index (χ3v) is 5.14. The van der Waals surface area contributed by atoms with Gasteiger partial charge < -0.3 is 14.7 Å². The maximum Gasteiger partial charge on any atom is 0.342 e. The highest BCUT2D eigenvalue weighted by Gasteiger charge is 2.10. The summed E-state index contributed by atoms with van der Waals surface area (Å²) in [5, 5.41) is 11.7. The standard InChI is InChI=1S/C23H23NO3S/c1-24(2)12-13-27-20-11-10-18-14-17(8-9-19(18)16-20)15-22(23(25)26)28-21-6-4-3-5-7-21/h3-11,14-16H,12-13H2,1-2H3,(H,25,26)/b22-15-. The number of ether oxygens (including phenoxy) is 1. The molecule has 3 rings (SSSR count). The molecule has 0 spiro atoms. The van der Waals surface area contributed by atoms with Crippen LogP contribution in [-0.2, 0) is 4.79 Å². The lowest BCUT2D eigenvalue weighted by atomic mass is 10.1. The van der Waals surface area contributed by atoms with Gasteiger partial charge in [0, 0.05) is 11.4 Å². The van der Waals surface area contributed by atoms with Crippen LogP contribution in [0.25, 0.3) is 16.8 Å². The van der Waals surface area contributed by atoms with Crippen molar-refractivity contribution < 1.29 is 14.6 Å².